The summed E-state index contributed by atoms with van der Waals surface area (Å²) in [5.41, 5.74) is 0.0169. The van der Waals surface area contributed by atoms with E-state index in [1.807, 2.05) is 0 Å². The highest BCUT2D eigenvalue weighted by atomic mass is 127. The number of carbonyl (C=O) groups excluding carboxylic acids is 1. The minimum absolute atomic E-state index is 0.351. The van der Waals surface area contributed by atoms with Crippen molar-refractivity contribution in [1.29, 1.82) is 0 Å². The van der Waals surface area contributed by atoms with Gasteiger partial charge in [-0.3, -0.25) is 5.32 Å². The van der Waals surface area contributed by atoms with Gasteiger partial charge >= 0.3 is 6.09 Å². The lowest BCUT2D eigenvalue weighted by Crippen LogP contribution is -2.27. The molecular weight excluding hydrogens is 422 g/mol. The summed E-state index contributed by atoms with van der Waals surface area (Å²) in [5.74, 6) is 0. The summed E-state index contributed by atoms with van der Waals surface area (Å²) in [5, 5.41) is 2.97. The Labute approximate surface area is 127 Å². The van der Waals surface area contributed by atoms with Crippen LogP contribution in [0.15, 0.2) is 10.7 Å². The van der Waals surface area contributed by atoms with Crippen molar-refractivity contribution in [2.75, 3.05) is 5.32 Å². The first-order valence-corrected chi connectivity index (χ1v) is 6.95. The number of hydrogen-bond donors (Lipinski definition) is 1. The molecule has 1 amide bonds. The summed E-state index contributed by atoms with van der Waals surface area (Å²) in [6, 6.07) is 0. The van der Waals surface area contributed by atoms with E-state index < -0.39 is 11.7 Å². The van der Waals surface area contributed by atoms with Crippen molar-refractivity contribution in [2.24, 2.45) is 0 Å². The Kier molecular flexibility index (Phi) is 5.03. The maximum atomic E-state index is 11.6. The lowest BCUT2D eigenvalue weighted by Gasteiger charge is -2.20. The molecule has 1 heterocycles. The van der Waals surface area contributed by atoms with Crippen LogP contribution in [0.1, 0.15) is 20.8 Å². The Bertz CT molecular complexity index is 449. The summed E-state index contributed by atoms with van der Waals surface area (Å²) in [7, 11) is 0. The first-order chi connectivity index (χ1) is 7.70. The second-order valence-electron chi connectivity index (χ2n) is 4.22. The number of nitrogens with one attached hydrogen (secondary N) is 1. The third kappa shape index (κ3) is 4.59. The van der Waals surface area contributed by atoms with Crippen molar-refractivity contribution < 1.29 is 9.53 Å². The third-order valence-corrected chi connectivity index (χ3v) is 4.70. The lowest BCUT2D eigenvalue weighted by atomic mass is 10.2. The number of anilines is 1. The number of pyridine rings is 1. The molecule has 4 nitrogen and oxygen atoms in total. The second-order valence-corrected chi connectivity index (χ2v) is 6.45. The first-order valence-electron chi connectivity index (χ1n) is 4.70. The quantitative estimate of drug-likeness (QED) is 0.526. The van der Waals surface area contributed by atoms with Gasteiger partial charge in [-0.15, -0.1) is 0 Å². The monoisotopic (exact) mass is 432 g/mol. The van der Waals surface area contributed by atoms with E-state index in [-0.39, 0.29) is 0 Å². The fraction of sp³-hybridized carbons (Fsp3) is 0.400. The van der Waals surface area contributed by atoms with Gasteiger partial charge in [0.05, 0.1) is 19.9 Å². The SMILES string of the molecule is CC(C)(C)OC(=O)Nc1cnc(Cl)c(Br)c1I. The molecule has 0 radical (unpaired) electrons. The topological polar surface area (TPSA) is 51.2 Å². The van der Waals surface area contributed by atoms with Gasteiger partial charge in [-0.25, -0.2) is 9.78 Å². The van der Waals surface area contributed by atoms with Crippen molar-refractivity contribution in [2.45, 2.75) is 26.4 Å². The number of rotatable bonds is 1. The molecule has 0 unspecified atom stereocenters. The zero-order valence-corrected chi connectivity index (χ0v) is 14.0. The molecule has 0 atom stereocenters. The van der Waals surface area contributed by atoms with Crippen LogP contribution in [-0.2, 0) is 4.74 Å². The van der Waals surface area contributed by atoms with E-state index >= 15 is 0 Å². The molecule has 0 fully saturated rings. The zero-order valence-electron chi connectivity index (χ0n) is 9.47. The van der Waals surface area contributed by atoms with Gasteiger partial charge in [-0.1, -0.05) is 11.6 Å². The van der Waals surface area contributed by atoms with Crippen LogP contribution in [0, 0.1) is 3.57 Å². The largest absolute Gasteiger partial charge is 0.444 e. The number of aromatic nitrogens is 1. The molecule has 1 N–H and O–H groups in total. The van der Waals surface area contributed by atoms with Crippen LogP contribution in [0.4, 0.5) is 10.5 Å². The van der Waals surface area contributed by atoms with E-state index in [9.17, 15) is 4.79 Å². The van der Waals surface area contributed by atoms with E-state index in [2.05, 4.69) is 48.8 Å². The zero-order chi connectivity index (χ0) is 13.2. The molecule has 0 saturated heterocycles. The molecule has 0 aliphatic carbocycles. The molecule has 0 aliphatic rings. The number of amides is 1. The normalized spacial score (nSPS) is 11.2. The molecular formula is C10H11BrClIN2O2. The van der Waals surface area contributed by atoms with Crippen LogP contribution in [0.25, 0.3) is 0 Å². The Morgan fingerprint density at radius 2 is 2.18 bits per heavy atom. The minimum atomic E-state index is -0.535. The van der Waals surface area contributed by atoms with Gasteiger partial charge in [0.1, 0.15) is 10.8 Å². The highest BCUT2D eigenvalue weighted by Gasteiger charge is 2.18. The van der Waals surface area contributed by atoms with E-state index in [0.29, 0.717) is 15.3 Å². The molecule has 1 rings (SSSR count). The molecule has 0 bridgehead atoms. The van der Waals surface area contributed by atoms with Crippen LogP contribution in [-0.4, -0.2) is 16.7 Å². The summed E-state index contributed by atoms with van der Waals surface area (Å²) < 4.78 is 6.56. The van der Waals surface area contributed by atoms with Gasteiger partial charge in [0, 0.05) is 0 Å². The highest BCUT2D eigenvalue weighted by Crippen LogP contribution is 2.31. The van der Waals surface area contributed by atoms with E-state index in [4.69, 9.17) is 16.3 Å². The number of halogens is 3. The Balaban J connectivity index is 2.83. The molecule has 0 aliphatic heterocycles. The van der Waals surface area contributed by atoms with E-state index in [1.54, 1.807) is 20.8 Å². The second kappa shape index (κ2) is 5.71. The van der Waals surface area contributed by atoms with Crippen molar-refractivity contribution >= 4 is 61.9 Å². The molecule has 0 spiro atoms. The standard InChI is InChI=1S/C10H11BrClIN2O2/c1-10(2,3)17-9(16)15-5-4-14-8(12)6(11)7(5)13/h4H,1-3H3,(H,15,16). The molecule has 1 aromatic rings. The van der Waals surface area contributed by atoms with Gasteiger partial charge < -0.3 is 4.74 Å². The predicted octanol–water partition coefficient (Wildman–Crippen LogP) is 4.45. The average molecular weight is 433 g/mol. The van der Waals surface area contributed by atoms with Crippen LogP contribution >= 0.6 is 50.1 Å². The number of carbonyl (C=O) groups is 1. The Morgan fingerprint density at radius 3 is 2.71 bits per heavy atom. The lowest BCUT2D eigenvalue weighted by molar-refractivity contribution is 0.0636. The van der Waals surface area contributed by atoms with Crippen molar-refractivity contribution in [3.8, 4) is 0 Å². The van der Waals surface area contributed by atoms with Crippen molar-refractivity contribution in [3.05, 3.63) is 19.4 Å². The van der Waals surface area contributed by atoms with Crippen molar-refractivity contribution in [1.82, 2.24) is 4.98 Å². The summed E-state index contributed by atoms with van der Waals surface area (Å²) in [6.07, 6.45) is 0.963. The molecule has 17 heavy (non-hydrogen) atoms. The van der Waals surface area contributed by atoms with Gasteiger partial charge in [-0.05, 0) is 59.3 Å². The van der Waals surface area contributed by atoms with Crippen LogP contribution in [0.3, 0.4) is 0 Å². The number of ether oxygens (including phenoxy) is 1. The van der Waals surface area contributed by atoms with Gasteiger partial charge in [0.25, 0.3) is 0 Å². The maximum Gasteiger partial charge on any atom is 0.412 e. The number of hydrogen-bond acceptors (Lipinski definition) is 3. The third-order valence-electron chi connectivity index (χ3n) is 1.55. The Hall–Kier alpha value is -0.0800. The maximum absolute atomic E-state index is 11.6. The summed E-state index contributed by atoms with van der Waals surface area (Å²) in [6.45, 7) is 5.40. The minimum Gasteiger partial charge on any atom is -0.444 e. The molecule has 94 valence electrons. The molecule has 0 saturated carbocycles. The summed E-state index contributed by atoms with van der Waals surface area (Å²) in [4.78, 5) is 15.5. The summed E-state index contributed by atoms with van der Waals surface area (Å²) >= 11 is 11.2. The number of nitrogens with zero attached hydrogens (tertiary/aromatic N) is 1. The van der Waals surface area contributed by atoms with Gasteiger partial charge in [0.2, 0.25) is 0 Å². The first kappa shape index (κ1) is 15.0. The highest BCUT2D eigenvalue weighted by molar-refractivity contribution is 14.1. The van der Waals surface area contributed by atoms with Crippen LogP contribution in [0.5, 0.6) is 0 Å². The fourth-order valence-electron chi connectivity index (χ4n) is 0.944. The van der Waals surface area contributed by atoms with Crippen LogP contribution in [0.2, 0.25) is 5.15 Å². The van der Waals surface area contributed by atoms with E-state index in [0.717, 1.165) is 3.57 Å². The van der Waals surface area contributed by atoms with Gasteiger partial charge in [-0.2, -0.15) is 0 Å². The molecule has 7 heteroatoms. The van der Waals surface area contributed by atoms with E-state index in [1.165, 1.54) is 6.20 Å². The average Bonchev–Trinajstić information content (AvgIpc) is 2.16. The van der Waals surface area contributed by atoms with Gasteiger partial charge in [0.15, 0.2) is 0 Å². The molecule has 0 aromatic carbocycles. The molecule has 1 aromatic heterocycles. The van der Waals surface area contributed by atoms with Crippen molar-refractivity contribution in [3.63, 3.8) is 0 Å². The fourth-order valence-corrected chi connectivity index (χ4v) is 2.09. The Morgan fingerprint density at radius 1 is 1.59 bits per heavy atom. The predicted molar refractivity (Wildman–Crippen MR) is 79.5 cm³/mol. The smallest absolute Gasteiger partial charge is 0.412 e. The van der Waals surface area contributed by atoms with Crippen LogP contribution < -0.4 is 5.32 Å².